The van der Waals surface area contributed by atoms with Crippen molar-refractivity contribution < 1.29 is 9.21 Å². The molecule has 1 aromatic rings. The van der Waals surface area contributed by atoms with E-state index in [4.69, 9.17) is 4.42 Å². The molecule has 0 bridgehead atoms. The van der Waals surface area contributed by atoms with Gasteiger partial charge in [0.2, 0.25) is 11.8 Å². The molecule has 0 saturated carbocycles. The summed E-state index contributed by atoms with van der Waals surface area (Å²) < 4.78 is 5.21. The number of oxazole rings is 1. The Kier molecular flexibility index (Phi) is 4.83. The van der Waals surface area contributed by atoms with Crippen LogP contribution in [0.3, 0.4) is 0 Å². The number of hydrogen-bond acceptors (Lipinski definition) is 4. The van der Waals surface area contributed by atoms with Crippen LogP contribution in [0, 0.1) is 6.92 Å². The molecule has 0 aliphatic carbocycles. The second-order valence-corrected chi connectivity index (χ2v) is 3.32. The van der Waals surface area contributed by atoms with Crippen LogP contribution in [-0.4, -0.2) is 24.0 Å². The molecule has 0 aliphatic heterocycles. The van der Waals surface area contributed by atoms with Crippen LogP contribution >= 0.6 is 0 Å². The summed E-state index contributed by atoms with van der Waals surface area (Å²) in [4.78, 5) is 15.2. The molecule has 0 atom stereocenters. The molecule has 84 valence electrons. The zero-order valence-electron chi connectivity index (χ0n) is 9.17. The van der Waals surface area contributed by atoms with Crippen LogP contribution in [-0.2, 0) is 11.3 Å². The standard InChI is InChI=1S/C10H17N3O2/c1-3-4-11-6-9(14)12-7-10-13-5-8(2)15-10/h5,11H,3-4,6-7H2,1-2H3,(H,12,14). The predicted octanol–water partition coefficient (Wildman–Crippen LogP) is 0.599. The summed E-state index contributed by atoms with van der Waals surface area (Å²) >= 11 is 0. The van der Waals surface area contributed by atoms with Crippen LogP contribution in [0.25, 0.3) is 0 Å². The molecule has 0 radical (unpaired) electrons. The number of carbonyl (C=O) groups is 1. The van der Waals surface area contributed by atoms with Gasteiger partial charge in [-0.25, -0.2) is 4.98 Å². The van der Waals surface area contributed by atoms with Gasteiger partial charge in [-0.05, 0) is 19.9 Å². The summed E-state index contributed by atoms with van der Waals surface area (Å²) in [5.41, 5.74) is 0. The predicted molar refractivity (Wildman–Crippen MR) is 56.2 cm³/mol. The average molecular weight is 211 g/mol. The summed E-state index contributed by atoms with van der Waals surface area (Å²) in [7, 11) is 0. The minimum absolute atomic E-state index is 0.0423. The summed E-state index contributed by atoms with van der Waals surface area (Å²) in [6.07, 6.45) is 2.66. The monoisotopic (exact) mass is 211 g/mol. The zero-order valence-corrected chi connectivity index (χ0v) is 9.17. The third-order valence-corrected chi connectivity index (χ3v) is 1.82. The van der Waals surface area contributed by atoms with Crippen LogP contribution in [0.15, 0.2) is 10.6 Å². The molecular weight excluding hydrogens is 194 g/mol. The lowest BCUT2D eigenvalue weighted by atomic mass is 10.4. The van der Waals surface area contributed by atoms with Gasteiger partial charge in [0.05, 0.1) is 19.3 Å². The highest BCUT2D eigenvalue weighted by Gasteiger charge is 2.03. The van der Waals surface area contributed by atoms with Crippen LogP contribution in [0.5, 0.6) is 0 Å². The molecule has 2 N–H and O–H groups in total. The Morgan fingerprint density at radius 1 is 1.60 bits per heavy atom. The molecule has 1 rings (SSSR count). The summed E-state index contributed by atoms with van der Waals surface area (Å²) in [5, 5.41) is 5.73. The normalized spacial score (nSPS) is 10.3. The maximum Gasteiger partial charge on any atom is 0.234 e. The fraction of sp³-hybridized carbons (Fsp3) is 0.600. The van der Waals surface area contributed by atoms with E-state index in [-0.39, 0.29) is 5.91 Å². The molecule has 0 spiro atoms. The number of carbonyl (C=O) groups excluding carboxylic acids is 1. The molecule has 0 saturated heterocycles. The van der Waals surface area contributed by atoms with E-state index in [9.17, 15) is 4.79 Å². The fourth-order valence-electron chi connectivity index (χ4n) is 1.10. The highest BCUT2D eigenvalue weighted by molar-refractivity contribution is 5.77. The molecular formula is C10H17N3O2. The van der Waals surface area contributed by atoms with Crippen molar-refractivity contribution in [2.45, 2.75) is 26.8 Å². The smallest absolute Gasteiger partial charge is 0.234 e. The van der Waals surface area contributed by atoms with Crippen molar-refractivity contribution >= 4 is 5.91 Å². The van der Waals surface area contributed by atoms with Crippen molar-refractivity contribution in [2.24, 2.45) is 0 Å². The Hall–Kier alpha value is -1.36. The van der Waals surface area contributed by atoms with Gasteiger partial charge in [-0.3, -0.25) is 4.79 Å². The van der Waals surface area contributed by atoms with E-state index in [2.05, 4.69) is 22.5 Å². The third-order valence-electron chi connectivity index (χ3n) is 1.82. The van der Waals surface area contributed by atoms with E-state index in [0.29, 0.717) is 19.0 Å². The quantitative estimate of drug-likeness (QED) is 0.676. The highest BCUT2D eigenvalue weighted by atomic mass is 16.4. The average Bonchev–Trinajstić information content (AvgIpc) is 2.62. The van der Waals surface area contributed by atoms with Crippen molar-refractivity contribution in [3.05, 3.63) is 17.8 Å². The molecule has 1 heterocycles. The van der Waals surface area contributed by atoms with Crippen LogP contribution in [0.4, 0.5) is 0 Å². The Bertz CT molecular complexity index is 309. The number of rotatable bonds is 6. The molecule has 15 heavy (non-hydrogen) atoms. The molecule has 0 fully saturated rings. The van der Waals surface area contributed by atoms with Crippen LogP contribution in [0.2, 0.25) is 0 Å². The minimum atomic E-state index is -0.0423. The Morgan fingerprint density at radius 3 is 3.00 bits per heavy atom. The van der Waals surface area contributed by atoms with E-state index in [1.807, 2.05) is 6.92 Å². The highest BCUT2D eigenvalue weighted by Crippen LogP contribution is 2.00. The molecule has 0 aliphatic rings. The van der Waals surface area contributed by atoms with E-state index in [0.717, 1.165) is 18.7 Å². The van der Waals surface area contributed by atoms with Crippen molar-refractivity contribution in [1.82, 2.24) is 15.6 Å². The summed E-state index contributed by atoms with van der Waals surface area (Å²) in [6, 6.07) is 0. The van der Waals surface area contributed by atoms with Crippen LogP contribution < -0.4 is 10.6 Å². The Balaban J connectivity index is 2.16. The first kappa shape index (κ1) is 11.7. The number of aromatic nitrogens is 1. The van der Waals surface area contributed by atoms with Gasteiger partial charge in [0.25, 0.3) is 0 Å². The minimum Gasteiger partial charge on any atom is -0.444 e. The first-order valence-electron chi connectivity index (χ1n) is 5.11. The van der Waals surface area contributed by atoms with E-state index < -0.39 is 0 Å². The van der Waals surface area contributed by atoms with Gasteiger partial charge in [-0.1, -0.05) is 6.92 Å². The van der Waals surface area contributed by atoms with Gasteiger partial charge < -0.3 is 15.1 Å². The van der Waals surface area contributed by atoms with Gasteiger partial charge in [0.1, 0.15) is 5.76 Å². The lowest BCUT2D eigenvalue weighted by molar-refractivity contribution is -0.120. The number of amides is 1. The van der Waals surface area contributed by atoms with Gasteiger partial charge >= 0.3 is 0 Å². The second-order valence-electron chi connectivity index (χ2n) is 3.32. The lowest BCUT2D eigenvalue weighted by Crippen LogP contribution is -2.33. The van der Waals surface area contributed by atoms with Crippen molar-refractivity contribution in [3.63, 3.8) is 0 Å². The molecule has 0 unspecified atom stereocenters. The van der Waals surface area contributed by atoms with Crippen molar-refractivity contribution in [2.75, 3.05) is 13.1 Å². The number of nitrogens with one attached hydrogen (secondary N) is 2. The first-order valence-corrected chi connectivity index (χ1v) is 5.11. The first-order chi connectivity index (χ1) is 7.22. The SMILES string of the molecule is CCCNCC(=O)NCc1ncc(C)o1. The van der Waals surface area contributed by atoms with Gasteiger partial charge in [-0.15, -0.1) is 0 Å². The topological polar surface area (TPSA) is 67.2 Å². The van der Waals surface area contributed by atoms with Gasteiger partial charge in [0, 0.05) is 0 Å². The second kappa shape index (κ2) is 6.19. The lowest BCUT2D eigenvalue weighted by Gasteiger charge is -2.03. The third kappa shape index (κ3) is 4.60. The molecule has 1 aromatic heterocycles. The number of nitrogens with zero attached hydrogens (tertiary/aromatic N) is 1. The van der Waals surface area contributed by atoms with E-state index in [1.54, 1.807) is 6.20 Å². The fourth-order valence-corrected chi connectivity index (χ4v) is 1.10. The van der Waals surface area contributed by atoms with Crippen molar-refractivity contribution in [3.8, 4) is 0 Å². The maximum absolute atomic E-state index is 11.3. The zero-order chi connectivity index (χ0) is 11.1. The summed E-state index contributed by atoms with van der Waals surface area (Å²) in [6.45, 7) is 5.42. The number of hydrogen-bond donors (Lipinski definition) is 2. The molecule has 5 nitrogen and oxygen atoms in total. The van der Waals surface area contributed by atoms with Crippen LogP contribution in [0.1, 0.15) is 25.0 Å². The maximum atomic E-state index is 11.3. The van der Waals surface area contributed by atoms with Gasteiger partial charge in [-0.2, -0.15) is 0 Å². The molecule has 1 amide bonds. The summed E-state index contributed by atoms with van der Waals surface area (Å²) in [5.74, 6) is 1.25. The Labute approximate surface area is 89.3 Å². The van der Waals surface area contributed by atoms with Crippen molar-refractivity contribution in [1.29, 1.82) is 0 Å². The largest absolute Gasteiger partial charge is 0.444 e. The Morgan fingerprint density at radius 2 is 2.40 bits per heavy atom. The molecule has 0 aromatic carbocycles. The molecule has 5 heteroatoms. The number of aryl methyl sites for hydroxylation is 1. The van der Waals surface area contributed by atoms with E-state index >= 15 is 0 Å². The van der Waals surface area contributed by atoms with E-state index in [1.165, 1.54) is 0 Å². The van der Waals surface area contributed by atoms with Gasteiger partial charge in [0.15, 0.2) is 0 Å².